The molecule has 0 amide bonds. The van der Waals surface area contributed by atoms with Gasteiger partial charge in [0.05, 0.1) is 7.11 Å². The zero-order valence-electron chi connectivity index (χ0n) is 6.65. The van der Waals surface area contributed by atoms with Crippen molar-refractivity contribution in [2.75, 3.05) is 7.11 Å². The minimum absolute atomic E-state index is 0.873. The summed E-state index contributed by atoms with van der Waals surface area (Å²) in [5.41, 5.74) is 0. The van der Waals surface area contributed by atoms with Gasteiger partial charge >= 0.3 is 0 Å². The molecule has 6 heteroatoms. The molecule has 2 aromatic rings. The van der Waals surface area contributed by atoms with E-state index in [1.807, 2.05) is 11.4 Å². The Bertz CT molecular complexity index is 412. The number of nitrogens with zero attached hydrogens (tertiary/aromatic N) is 2. The summed E-state index contributed by atoms with van der Waals surface area (Å²) in [6.07, 6.45) is 0. The molecule has 0 unspecified atom stereocenters. The summed E-state index contributed by atoms with van der Waals surface area (Å²) < 4.78 is 6.14. The number of thiophene rings is 1. The van der Waals surface area contributed by atoms with Gasteiger partial charge in [-0.3, -0.25) is 0 Å². The Hall–Kier alpha value is -0.210. The fourth-order valence-corrected chi connectivity index (χ4v) is 3.17. The van der Waals surface area contributed by atoms with Crippen LogP contribution in [0.25, 0.3) is 9.88 Å². The molecule has 0 saturated carbocycles. The zero-order chi connectivity index (χ0) is 9.26. The lowest BCUT2D eigenvalue weighted by Crippen LogP contribution is -1.81. The second-order valence-corrected chi connectivity index (χ2v) is 5.83. The average Bonchev–Trinajstić information content (AvgIpc) is 2.71. The van der Waals surface area contributed by atoms with Crippen molar-refractivity contribution in [2.45, 2.75) is 0 Å². The van der Waals surface area contributed by atoms with Crippen LogP contribution in [0.15, 0.2) is 11.4 Å². The Morgan fingerprint density at radius 2 is 2.31 bits per heavy atom. The van der Waals surface area contributed by atoms with Gasteiger partial charge in [0.25, 0.3) is 0 Å². The molecule has 0 N–H and O–H groups in total. The predicted molar refractivity (Wildman–Crippen MR) is 62.5 cm³/mol. The highest BCUT2D eigenvalue weighted by molar-refractivity contribution is 14.1. The fourth-order valence-electron chi connectivity index (χ4n) is 0.911. The van der Waals surface area contributed by atoms with Crippen LogP contribution in [0.4, 0.5) is 0 Å². The maximum absolute atomic E-state index is 5.20. The minimum Gasteiger partial charge on any atom is -0.495 e. The quantitative estimate of drug-likeness (QED) is 0.797. The highest BCUT2D eigenvalue weighted by atomic mass is 127. The number of ether oxygens (including phenoxy) is 1. The number of hydrogen-bond acceptors (Lipinski definition) is 5. The second-order valence-electron chi connectivity index (χ2n) is 2.18. The lowest BCUT2D eigenvalue weighted by Gasteiger charge is -1.96. The van der Waals surface area contributed by atoms with Gasteiger partial charge in [0.15, 0.2) is 8.02 Å². The molecule has 3 nitrogen and oxygen atoms in total. The lowest BCUT2D eigenvalue weighted by atomic mass is 10.4. The van der Waals surface area contributed by atoms with Crippen LogP contribution in [0.1, 0.15) is 0 Å². The van der Waals surface area contributed by atoms with Gasteiger partial charge in [0.2, 0.25) is 0 Å². The molecule has 0 aromatic carbocycles. The molecule has 0 saturated heterocycles. The summed E-state index contributed by atoms with van der Waals surface area (Å²) in [5.74, 6) is 0.873. The van der Waals surface area contributed by atoms with Crippen molar-refractivity contribution in [3.05, 3.63) is 14.5 Å². The predicted octanol–water partition coefficient (Wildman–Crippen LogP) is 2.88. The third kappa shape index (κ3) is 1.84. The van der Waals surface area contributed by atoms with Crippen molar-refractivity contribution in [3.8, 4) is 15.6 Å². The molecule has 68 valence electrons. The van der Waals surface area contributed by atoms with Crippen LogP contribution in [0, 0.1) is 3.01 Å². The maximum Gasteiger partial charge on any atom is 0.178 e. The number of methoxy groups -OCH3 is 1. The van der Waals surface area contributed by atoms with E-state index in [0.717, 1.165) is 18.6 Å². The minimum atomic E-state index is 0.873. The first-order valence-corrected chi connectivity index (χ1v) is 6.19. The first-order chi connectivity index (χ1) is 6.31. The van der Waals surface area contributed by atoms with E-state index in [1.165, 1.54) is 0 Å². The average molecular weight is 324 g/mol. The number of aromatic nitrogens is 2. The van der Waals surface area contributed by atoms with Crippen LogP contribution >= 0.6 is 45.3 Å². The van der Waals surface area contributed by atoms with Gasteiger partial charge < -0.3 is 4.74 Å². The Labute approximate surface area is 96.9 Å². The van der Waals surface area contributed by atoms with E-state index in [2.05, 4.69) is 32.8 Å². The van der Waals surface area contributed by atoms with E-state index in [0.29, 0.717) is 0 Å². The summed E-state index contributed by atoms with van der Waals surface area (Å²) in [6, 6.07) is 1.94. The Morgan fingerprint density at radius 3 is 2.92 bits per heavy atom. The Kier molecular flexibility index (Phi) is 2.80. The zero-order valence-corrected chi connectivity index (χ0v) is 10.4. The van der Waals surface area contributed by atoms with Gasteiger partial charge in [-0.25, -0.2) is 0 Å². The van der Waals surface area contributed by atoms with Crippen LogP contribution in [0.3, 0.4) is 0 Å². The molecule has 0 spiro atoms. The first-order valence-electron chi connectivity index (χ1n) is 3.42. The van der Waals surface area contributed by atoms with Gasteiger partial charge in [-0.15, -0.1) is 21.5 Å². The van der Waals surface area contributed by atoms with Crippen molar-refractivity contribution in [1.82, 2.24) is 10.2 Å². The van der Waals surface area contributed by atoms with Crippen LogP contribution in [-0.4, -0.2) is 17.3 Å². The fraction of sp³-hybridized carbons (Fsp3) is 0.143. The molecule has 0 radical (unpaired) electrons. The molecule has 0 aliphatic heterocycles. The molecule has 0 atom stereocenters. The SMILES string of the molecule is COc1ccsc1-c1nnc(I)s1. The maximum atomic E-state index is 5.20. The van der Waals surface area contributed by atoms with Crippen molar-refractivity contribution in [3.63, 3.8) is 0 Å². The molecular weight excluding hydrogens is 319 g/mol. The van der Waals surface area contributed by atoms with Crippen LogP contribution in [0.2, 0.25) is 0 Å². The Balaban J connectivity index is 2.45. The standard InChI is InChI=1S/C7H5IN2OS2/c1-11-4-2-3-12-5(4)6-9-10-7(8)13-6/h2-3H,1H3. The van der Waals surface area contributed by atoms with E-state index in [1.54, 1.807) is 29.8 Å². The molecule has 0 bridgehead atoms. The van der Waals surface area contributed by atoms with Crippen LogP contribution in [0.5, 0.6) is 5.75 Å². The van der Waals surface area contributed by atoms with Crippen molar-refractivity contribution < 1.29 is 4.74 Å². The molecule has 2 rings (SSSR count). The molecule has 13 heavy (non-hydrogen) atoms. The van der Waals surface area contributed by atoms with Gasteiger partial charge in [0.1, 0.15) is 10.6 Å². The highest BCUT2D eigenvalue weighted by Crippen LogP contribution is 2.36. The van der Waals surface area contributed by atoms with Crippen LogP contribution in [-0.2, 0) is 0 Å². The number of halogens is 1. The van der Waals surface area contributed by atoms with Gasteiger partial charge in [-0.05, 0) is 34.0 Å². The monoisotopic (exact) mass is 324 g/mol. The largest absolute Gasteiger partial charge is 0.495 e. The van der Waals surface area contributed by atoms with Gasteiger partial charge in [-0.2, -0.15) is 0 Å². The Morgan fingerprint density at radius 1 is 1.46 bits per heavy atom. The molecule has 0 aliphatic carbocycles. The van der Waals surface area contributed by atoms with Gasteiger partial charge in [0, 0.05) is 0 Å². The first kappa shape index (κ1) is 9.35. The summed E-state index contributed by atoms with van der Waals surface area (Å²) in [4.78, 5) is 1.06. The van der Waals surface area contributed by atoms with E-state index in [9.17, 15) is 0 Å². The number of hydrogen-bond donors (Lipinski definition) is 0. The molecule has 2 heterocycles. The normalized spacial score (nSPS) is 10.3. The third-order valence-corrected chi connectivity index (χ3v) is 4.08. The van der Waals surface area contributed by atoms with E-state index < -0.39 is 0 Å². The smallest absolute Gasteiger partial charge is 0.178 e. The van der Waals surface area contributed by atoms with Crippen molar-refractivity contribution in [1.29, 1.82) is 0 Å². The molecule has 0 aliphatic rings. The molecule has 0 fully saturated rings. The lowest BCUT2D eigenvalue weighted by molar-refractivity contribution is 0.418. The van der Waals surface area contributed by atoms with Gasteiger partial charge in [-0.1, -0.05) is 11.3 Å². The highest BCUT2D eigenvalue weighted by Gasteiger charge is 2.11. The van der Waals surface area contributed by atoms with E-state index >= 15 is 0 Å². The van der Waals surface area contributed by atoms with Crippen molar-refractivity contribution >= 4 is 45.3 Å². The summed E-state index contributed by atoms with van der Waals surface area (Å²) in [6.45, 7) is 0. The van der Waals surface area contributed by atoms with E-state index in [4.69, 9.17) is 4.74 Å². The third-order valence-electron chi connectivity index (χ3n) is 1.44. The van der Waals surface area contributed by atoms with E-state index in [-0.39, 0.29) is 0 Å². The molecule has 2 aromatic heterocycles. The summed E-state index contributed by atoms with van der Waals surface area (Å²) in [5, 5.41) is 10.9. The second kappa shape index (κ2) is 3.89. The summed E-state index contributed by atoms with van der Waals surface area (Å²) in [7, 11) is 1.66. The molecular formula is C7H5IN2OS2. The van der Waals surface area contributed by atoms with Crippen molar-refractivity contribution in [2.24, 2.45) is 0 Å². The van der Waals surface area contributed by atoms with Crippen LogP contribution < -0.4 is 4.74 Å². The topological polar surface area (TPSA) is 35.0 Å². The number of rotatable bonds is 2. The summed E-state index contributed by atoms with van der Waals surface area (Å²) >= 11 is 5.35.